The largest absolute Gasteiger partial charge is 0.484 e. The minimum atomic E-state index is -0.418. The van der Waals surface area contributed by atoms with Crippen LogP contribution in [0.15, 0.2) is 84.9 Å². The predicted molar refractivity (Wildman–Crippen MR) is 117 cm³/mol. The van der Waals surface area contributed by atoms with Gasteiger partial charge in [-0.25, -0.2) is 0 Å². The molecule has 3 aromatic carbocycles. The van der Waals surface area contributed by atoms with Gasteiger partial charge in [-0.3, -0.25) is 20.4 Å². The molecule has 0 aromatic heterocycles. The molecule has 0 spiro atoms. The number of carbonyl (C=O) groups is 2. The Morgan fingerprint density at radius 3 is 1.83 bits per heavy atom. The van der Waals surface area contributed by atoms with E-state index < -0.39 is 5.91 Å². The predicted octanol–water partition coefficient (Wildman–Crippen LogP) is 4.00. The van der Waals surface area contributed by atoms with Crippen LogP contribution in [0.25, 0.3) is 0 Å². The van der Waals surface area contributed by atoms with E-state index >= 15 is 0 Å². The van der Waals surface area contributed by atoms with Crippen molar-refractivity contribution in [2.75, 3.05) is 6.61 Å². The molecule has 154 valence electrons. The van der Waals surface area contributed by atoms with Crippen molar-refractivity contribution in [1.82, 2.24) is 10.9 Å². The van der Waals surface area contributed by atoms with Crippen LogP contribution in [0, 0.1) is 0 Å². The molecule has 5 nitrogen and oxygen atoms in total. The molecule has 2 amide bonds. The highest BCUT2D eigenvalue weighted by molar-refractivity contribution is 5.83. The van der Waals surface area contributed by atoms with Gasteiger partial charge in [0.05, 0.1) is 0 Å². The molecule has 0 radical (unpaired) electrons. The molecule has 3 aromatic rings. The molecule has 0 heterocycles. The maximum atomic E-state index is 12.5. The summed E-state index contributed by atoms with van der Waals surface area (Å²) in [5.74, 6) is -0.174. The van der Waals surface area contributed by atoms with Crippen LogP contribution in [0.3, 0.4) is 0 Å². The Bertz CT molecular complexity index is 902. The number of nitrogens with one attached hydrogen (secondary N) is 2. The number of hydrazine groups is 1. The second kappa shape index (κ2) is 10.8. The van der Waals surface area contributed by atoms with Crippen LogP contribution in [-0.4, -0.2) is 18.4 Å². The molecule has 2 N–H and O–H groups in total. The Morgan fingerprint density at radius 1 is 0.767 bits per heavy atom. The second-order valence-electron chi connectivity index (χ2n) is 6.96. The van der Waals surface area contributed by atoms with Gasteiger partial charge in [0.1, 0.15) is 5.75 Å². The number of amides is 2. The minimum Gasteiger partial charge on any atom is -0.484 e. The molecule has 0 saturated heterocycles. The summed E-state index contributed by atoms with van der Waals surface area (Å²) in [6, 6.07) is 27.3. The summed E-state index contributed by atoms with van der Waals surface area (Å²) in [5, 5.41) is 0. The van der Waals surface area contributed by atoms with E-state index in [1.54, 1.807) is 0 Å². The van der Waals surface area contributed by atoms with Crippen molar-refractivity contribution in [1.29, 1.82) is 0 Å². The lowest BCUT2D eigenvalue weighted by atomic mass is 9.88. The van der Waals surface area contributed by atoms with E-state index in [1.165, 1.54) is 5.56 Å². The van der Waals surface area contributed by atoms with Gasteiger partial charge in [0, 0.05) is 12.3 Å². The Kier molecular flexibility index (Phi) is 7.61. The first kappa shape index (κ1) is 21.1. The fourth-order valence-electron chi connectivity index (χ4n) is 3.18. The van der Waals surface area contributed by atoms with E-state index in [9.17, 15) is 9.59 Å². The Labute approximate surface area is 177 Å². The lowest BCUT2D eigenvalue weighted by Gasteiger charge is -2.18. The third kappa shape index (κ3) is 6.21. The number of carbonyl (C=O) groups excluding carboxylic acids is 2. The number of rotatable bonds is 8. The van der Waals surface area contributed by atoms with Crippen molar-refractivity contribution in [3.8, 4) is 5.75 Å². The van der Waals surface area contributed by atoms with Crippen molar-refractivity contribution in [2.24, 2.45) is 0 Å². The van der Waals surface area contributed by atoms with E-state index in [0.717, 1.165) is 17.5 Å². The molecule has 0 aliphatic heterocycles. The quantitative estimate of drug-likeness (QED) is 0.560. The zero-order chi connectivity index (χ0) is 21.2. The van der Waals surface area contributed by atoms with Crippen LogP contribution in [0.2, 0.25) is 0 Å². The normalized spacial score (nSPS) is 10.5. The number of hydrogen-bond acceptors (Lipinski definition) is 3. The van der Waals surface area contributed by atoms with Crippen LogP contribution < -0.4 is 15.6 Å². The average Bonchev–Trinajstić information content (AvgIpc) is 2.81. The topological polar surface area (TPSA) is 67.4 Å². The molecule has 30 heavy (non-hydrogen) atoms. The van der Waals surface area contributed by atoms with Crippen LogP contribution in [0.4, 0.5) is 0 Å². The SMILES string of the molecule is CCc1ccc(OCC(=O)NNC(=O)CC(c2ccccc2)c2ccccc2)cc1. The van der Waals surface area contributed by atoms with Crippen molar-refractivity contribution < 1.29 is 14.3 Å². The third-order valence-electron chi connectivity index (χ3n) is 4.84. The molecule has 0 fully saturated rings. The number of ether oxygens (including phenoxy) is 1. The molecule has 5 heteroatoms. The van der Waals surface area contributed by atoms with Gasteiger partial charge in [0.25, 0.3) is 5.91 Å². The van der Waals surface area contributed by atoms with Gasteiger partial charge >= 0.3 is 0 Å². The molecule has 3 rings (SSSR count). The summed E-state index contributed by atoms with van der Waals surface area (Å²) >= 11 is 0. The van der Waals surface area contributed by atoms with Crippen LogP contribution in [0.1, 0.15) is 36.0 Å². The van der Waals surface area contributed by atoms with E-state index in [4.69, 9.17) is 4.74 Å². The summed E-state index contributed by atoms with van der Waals surface area (Å²) in [6.07, 6.45) is 1.16. The van der Waals surface area contributed by atoms with Gasteiger partial charge in [0.15, 0.2) is 6.61 Å². The molecular formula is C25H26N2O3. The monoisotopic (exact) mass is 402 g/mol. The number of hydrogen-bond donors (Lipinski definition) is 2. The van der Waals surface area contributed by atoms with Gasteiger partial charge < -0.3 is 4.74 Å². The highest BCUT2D eigenvalue weighted by Crippen LogP contribution is 2.27. The first-order valence-corrected chi connectivity index (χ1v) is 10.0. The van der Waals surface area contributed by atoms with Crippen LogP contribution in [0.5, 0.6) is 5.75 Å². The third-order valence-corrected chi connectivity index (χ3v) is 4.84. The van der Waals surface area contributed by atoms with Crippen molar-refractivity contribution in [2.45, 2.75) is 25.7 Å². The lowest BCUT2D eigenvalue weighted by molar-refractivity contribution is -0.130. The van der Waals surface area contributed by atoms with Gasteiger partial charge in [-0.15, -0.1) is 0 Å². The van der Waals surface area contributed by atoms with Crippen LogP contribution >= 0.6 is 0 Å². The minimum absolute atomic E-state index is 0.0994. The molecule has 0 aliphatic carbocycles. The molecular weight excluding hydrogens is 376 g/mol. The zero-order valence-electron chi connectivity index (χ0n) is 17.0. The van der Waals surface area contributed by atoms with E-state index in [1.807, 2.05) is 84.9 Å². The fraction of sp³-hybridized carbons (Fsp3) is 0.200. The fourth-order valence-corrected chi connectivity index (χ4v) is 3.18. The van der Waals surface area contributed by atoms with Gasteiger partial charge in [0.2, 0.25) is 5.91 Å². The number of aryl methyl sites for hydroxylation is 1. The maximum Gasteiger partial charge on any atom is 0.276 e. The average molecular weight is 402 g/mol. The maximum absolute atomic E-state index is 12.5. The standard InChI is InChI=1S/C25H26N2O3/c1-2-19-13-15-22(16-14-19)30-18-25(29)27-26-24(28)17-23(20-9-5-3-6-10-20)21-11-7-4-8-12-21/h3-16,23H,2,17-18H2,1H3,(H,26,28)(H,27,29). The Morgan fingerprint density at radius 2 is 1.30 bits per heavy atom. The van der Waals surface area contributed by atoms with E-state index in [0.29, 0.717) is 5.75 Å². The summed E-state index contributed by atoms with van der Waals surface area (Å²) < 4.78 is 5.46. The Hall–Kier alpha value is -3.60. The lowest BCUT2D eigenvalue weighted by Crippen LogP contribution is -2.44. The van der Waals surface area contributed by atoms with Gasteiger partial charge in [-0.2, -0.15) is 0 Å². The summed E-state index contributed by atoms with van der Waals surface area (Å²) in [4.78, 5) is 24.5. The summed E-state index contributed by atoms with van der Waals surface area (Å²) in [6.45, 7) is 1.90. The van der Waals surface area contributed by atoms with Gasteiger partial charge in [-0.1, -0.05) is 79.7 Å². The first-order valence-electron chi connectivity index (χ1n) is 10.0. The Balaban J connectivity index is 1.52. The highest BCUT2D eigenvalue weighted by atomic mass is 16.5. The van der Waals surface area contributed by atoms with Crippen molar-refractivity contribution in [3.63, 3.8) is 0 Å². The van der Waals surface area contributed by atoms with E-state index in [-0.39, 0.29) is 24.9 Å². The second-order valence-corrected chi connectivity index (χ2v) is 6.96. The zero-order valence-corrected chi connectivity index (χ0v) is 17.0. The summed E-state index contributed by atoms with van der Waals surface area (Å²) in [7, 11) is 0. The molecule has 0 aliphatic rings. The van der Waals surface area contributed by atoms with Crippen molar-refractivity contribution in [3.05, 3.63) is 102 Å². The molecule has 0 saturated carbocycles. The number of benzene rings is 3. The molecule has 0 atom stereocenters. The summed E-state index contributed by atoms with van der Waals surface area (Å²) in [5.41, 5.74) is 8.20. The van der Waals surface area contributed by atoms with Crippen molar-refractivity contribution >= 4 is 11.8 Å². The molecule has 0 bridgehead atoms. The van der Waals surface area contributed by atoms with Gasteiger partial charge in [-0.05, 0) is 35.2 Å². The van der Waals surface area contributed by atoms with E-state index in [2.05, 4.69) is 17.8 Å². The molecule has 0 unspecified atom stereocenters. The highest BCUT2D eigenvalue weighted by Gasteiger charge is 2.18. The smallest absolute Gasteiger partial charge is 0.276 e. The first-order chi connectivity index (χ1) is 14.7. The van der Waals surface area contributed by atoms with Crippen LogP contribution in [-0.2, 0) is 16.0 Å².